The van der Waals surface area contributed by atoms with Gasteiger partial charge in [-0.1, -0.05) is 51.1 Å². The van der Waals surface area contributed by atoms with E-state index in [-0.39, 0.29) is 29.8 Å². The maximum absolute atomic E-state index is 13.4. The van der Waals surface area contributed by atoms with Crippen molar-refractivity contribution in [1.82, 2.24) is 25.3 Å². The molecule has 4 rings (SSSR count). The molecular formula is C26H39N5O3. The van der Waals surface area contributed by atoms with E-state index in [1.165, 1.54) is 0 Å². The Hall–Kier alpha value is -2.45. The smallest absolute Gasteiger partial charge is 0.325 e. The van der Waals surface area contributed by atoms with Gasteiger partial charge in [-0.3, -0.25) is 19.4 Å². The van der Waals surface area contributed by atoms with E-state index in [2.05, 4.69) is 48.3 Å². The third kappa shape index (κ3) is 5.44. The highest BCUT2D eigenvalue weighted by Crippen LogP contribution is 2.46. The maximum atomic E-state index is 13.4. The number of urea groups is 1. The number of likely N-dealkylation sites (N-methyl/N-ethyl adjacent to an activating group) is 1. The molecule has 1 spiro atoms. The van der Waals surface area contributed by atoms with E-state index < -0.39 is 11.6 Å². The van der Waals surface area contributed by atoms with Gasteiger partial charge in [0, 0.05) is 32.7 Å². The lowest BCUT2D eigenvalue weighted by Gasteiger charge is -2.43. The molecule has 3 unspecified atom stereocenters. The van der Waals surface area contributed by atoms with Gasteiger partial charge >= 0.3 is 6.03 Å². The van der Waals surface area contributed by atoms with Gasteiger partial charge in [0.15, 0.2) is 0 Å². The monoisotopic (exact) mass is 469 g/mol. The van der Waals surface area contributed by atoms with Crippen LogP contribution in [0.4, 0.5) is 4.79 Å². The third-order valence-electron chi connectivity index (χ3n) is 7.50. The van der Waals surface area contributed by atoms with E-state index in [1.54, 1.807) is 0 Å². The van der Waals surface area contributed by atoms with Crippen molar-refractivity contribution >= 4 is 17.8 Å². The molecule has 1 aromatic carbocycles. The van der Waals surface area contributed by atoms with Crippen LogP contribution in [0.25, 0.3) is 0 Å². The molecule has 2 heterocycles. The maximum Gasteiger partial charge on any atom is 0.325 e. The zero-order valence-electron chi connectivity index (χ0n) is 21.0. The van der Waals surface area contributed by atoms with Crippen LogP contribution >= 0.6 is 0 Å². The summed E-state index contributed by atoms with van der Waals surface area (Å²) in [6, 6.07) is 9.24. The van der Waals surface area contributed by atoms with Crippen molar-refractivity contribution in [3.8, 4) is 0 Å². The number of imide groups is 1. The number of rotatable bonds is 6. The molecule has 8 heteroatoms. The Morgan fingerprint density at radius 2 is 1.79 bits per heavy atom. The number of amides is 4. The molecule has 0 aromatic heterocycles. The molecule has 34 heavy (non-hydrogen) atoms. The summed E-state index contributed by atoms with van der Waals surface area (Å²) in [5.74, 6) is -0.248. The topological polar surface area (TPSA) is 85.0 Å². The van der Waals surface area contributed by atoms with Gasteiger partial charge in [0.1, 0.15) is 12.1 Å². The van der Waals surface area contributed by atoms with Gasteiger partial charge in [0.05, 0.1) is 6.04 Å². The highest BCUT2D eigenvalue weighted by molar-refractivity contribution is 6.09. The lowest BCUT2D eigenvalue weighted by Crippen LogP contribution is -2.54. The van der Waals surface area contributed by atoms with Crippen molar-refractivity contribution in [1.29, 1.82) is 0 Å². The van der Waals surface area contributed by atoms with Crippen molar-refractivity contribution in [2.24, 2.45) is 11.3 Å². The van der Waals surface area contributed by atoms with Gasteiger partial charge < -0.3 is 15.5 Å². The van der Waals surface area contributed by atoms with Crippen LogP contribution in [0.5, 0.6) is 0 Å². The van der Waals surface area contributed by atoms with Crippen LogP contribution in [0.1, 0.15) is 51.6 Å². The van der Waals surface area contributed by atoms with E-state index in [4.69, 9.17) is 0 Å². The quantitative estimate of drug-likeness (QED) is 0.624. The molecule has 3 atom stereocenters. The predicted molar refractivity (Wildman–Crippen MR) is 131 cm³/mol. The van der Waals surface area contributed by atoms with Crippen molar-refractivity contribution in [2.75, 3.05) is 46.3 Å². The molecule has 1 saturated carbocycles. The second kappa shape index (κ2) is 9.66. The first-order valence-electron chi connectivity index (χ1n) is 12.5. The average molecular weight is 470 g/mol. The molecule has 2 N–H and O–H groups in total. The number of piperazine rings is 1. The Labute approximate surface area is 203 Å². The van der Waals surface area contributed by atoms with E-state index >= 15 is 0 Å². The largest absolute Gasteiger partial charge is 0.346 e. The summed E-state index contributed by atoms with van der Waals surface area (Å²) < 4.78 is 0. The van der Waals surface area contributed by atoms with Gasteiger partial charge in [0.2, 0.25) is 5.91 Å². The second-order valence-electron chi connectivity index (χ2n) is 11.4. The van der Waals surface area contributed by atoms with Crippen LogP contribution in [0.2, 0.25) is 0 Å². The van der Waals surface area contributed by atoms with Gasteiger partial charge in [-0.2, -0.15) is 0 Å². The van der Waals surface area contributed by atoms with Crippen molar-refractivity contribution in [2.45, 2.75) is 51.6 Å². The minimum atomic E-state index is -0.892. The van der Waals surface area contributed by atoms with Crippen LogP contribution in [-0.2, 0) is 9.59 Å². The number of benzene rings is 1. The average Bonchev–Trinajstić information content (AvgIpc) is 2.97. The Morgan fingerprint density at radius 3 is 2.44 bits per heavy atom. The number of hydrogen-bond donors (Lipinski definition) is 2. The zero-order chi connectivity index (χ0) is 24.5. The Balaban J connectivity index is 1.44. The number of hydrogen-bond acceptors (Lipinski definition) is 5. The lowest BCUT2D eigenvalue weighted by molar-refractivity contribution is -0.137. The second-order valence-corrected chi connectivity index (χ2v) is 11.4. The molecule has 3 fully saturated rings. The summed E-state index contributed by atoms with van der Waals surface area (Å²) >= 11 is 0. The van der Waals surface area contributed by atoms with Crippen molar-refractivity contribution in [3.63, 3.8) is 0 Å². The Kier molecular flexibility index (Phi) is 7.01. The SMILES string of the molecule is CC1CC(C)(C)CC2(C1)NC(=O)N(CC(=O)NC(CN1CCN(C)CC1)c1ccccc1)C2=O. The van der Waals surface area contributed by atoms with Gasteiger partial charge in [0.25, 0.3) is 5.91 Å². The molecule has 0 radical (unpaired) electrons. The fourth-order valence-corrected chi connectivity index (χ4v) is 6.24. The molecule has 2 aliphatic heterocycles. The first-order valence-corrected chi connectivity index (χ1v) is 12.5. The van der Waals surface area contributed by atoms with E-state index in [0.29, 0.717) is 25.3 Å². The van der Waals surface area contributed by atoms with Crippen LogP contribution in [0.3, 0.4) is 0 Å². The number of nitrogens with one attached hydrogen (secondary N) is 2. The molecule has 1 aliphatic carbocycles. The molecule has 0 bridgehead atoms. The summed E-state index contributed by atoms with van der Waals surface area (Å²) in [5, 5.41) is 6.07. The molecule has 2 saturated heterocycles. The summed E-state index contributed by atoms with van der Waals surface area (Å²) in [6.07, 6.45) is 2.24. The minimum absolute atomic E-state index is 0.0419. The van der Waals surface area contributed by atoms with Crippen LogP contribution < -0.4 is 10.6 Å². The summed E-state index contributed by atoms with van der Waals surface area (Å²) in [7, 11) is 2.12. The van der Waals surface area contributed by atoms with Crippen LogP contribution in [0.15, 0.2) is 30.3 Å². The number of carbonyl (C=O) groups is 3. The van der Waals surface area contributed by atoms with Gasteiger partial charge in [-0.25, -0.2) is 4.79 Å². The first kappa shape index (κ1) is 24.7. The normalized spacial score (nSPS) is 28.7. The van der Waals surface area contributed by atoms with E-state index in [1.807, 2.05) is 30.3 Å². The third-order valence-corrected chi connectivity index (χ3v) is 7.50. The molecule has 3 aliphatic rings. The van der Waals surface area contributed by atoms with E-state index in [9.17, 15) is 14.4 Å². The fraction of sp³-hybridized carbons (Fsp3) is 0.654. The minimum Gasteiger partial charge on any atom is -0.346 e. The molecule has 1 aromatic rings. The standard InChI is InChI=1S/C26H39N5O3/c1-19-14-25(2,3)18-26(15-19)23(33)31(24(34)28-26)17-22(32)27-21(20-8-6-5-7-9-20)16-30-12-10-29(4)11-13-30/h5-9,19,21H,10-18H2,1-4H3,(H,27,32)(H,28,34). The Bertz CT molecular complexity index is 912. The van der Waals surface area contributed by atoms with Crippen molar-refractivity contribution < 1.29 is 14.4 Å². The summed E-state index contributed by atoms with van der Waals surface area (Å²) in [6.45, 7) is 10.7. The van der Waals surface area contributed by atoms with E-state index in [0.717, 1.165) is 43.1 Å². The van der Waals surface area contributed by atoms with Gasteiger partial charge in [-0.05, 0) is 43.2 Å². The Morgan fingerprint density at radius 1 is 1.12 bits per heavy atom. The fourth-order valence-electron chi connectivity index (χ4n) is 6.24. The van der Waals surface area contributed by atoms with Gasteiger partial charge in [-0.15, -0.1) is 0 Å². The molecule has 186 valence electrons. The number of carbonyl (C=O) groups excluding carboxylic acids is 3. The highest BCUT2D eigenvalue weighted by atomic mass is 16.2. The van der Waals surface area contributed by atoms with Crippen LogP contribution in [-0.4, -0.2) is 84.4 Å². The zero-order valence-corrected chi connectivity index (χ0v) is 21.0. The van der Waals surface area contributed by atoms with Crippen molar-refractivity contribution in [3.05, 3.63) is 35.9 Å². The van der Waals surface area contributed by atoms with Crippen LogP contribution in [0, 0.1) is 11.3 Å². The number of nitrogens with zero attached hydrogens (tertiary/aromatic N) is 3. The first-order chi connectivity index (χ1) is 16.1. The lowest BCUT2D eigenvalue weighted by atomic mass is 9.64. The molecule has 8 nitrogen and oxygen atoms in total. The molecule has 4 amide bonds. The summed E-state index contributed by atoms with van der Waals surface area (Å²) in [4.78, 5) is 45.1. The highest BCUT2D eigenvalue weighted by Gasteiger charge is 2.56. The predicted octanol–water partition coefficient (Wildman–Crippen LogP) is 2.23. The summed E-state index contributed by atoms with van der Waals surface area (Å²) in [5.41, 5.74) is 0.0862. The molecular weight excluding hydrogens is 430 g/mol.